The SMILES string of the molecule is CCN1C(=O)C(C)(C)c2cc(NCC(O)CCl)ccc21. The van der Waals surface area contributed by atoms with Gasteiger partial charge in [0.2, 0.25) is 5.91 Å². The van der Waals surface area contributed by atoms with Gasteiger partial charge in [0.25, 0.3) is 0 Å². The molecule has 4 nitrogen and oxygen atoms in total. The number of nitrogens with zero attached hydrogens (tertiary/aromatic N) is 1. The number of anilines is 2. The number of alkyl halides is 1. The molecule has 2 rings (SSSR count). The van der Waals surface area contributed by atoms with Crippen LogP contribution in [0.4, 0.5) is 11.4 Å². The second kappa shape index (κ2) is 5.62. The van der Waals surface area contributed by atoms with Crippen LogP contribution in [-0.4, -0.2) is 36.1 Å². The number of benzene rings is 1. The molecule has 0 bridgehead atoms. The number of hydrogen-bond donors (Lipinski definition) is 2. The second-order valence-corrected chi connectivity index (χ2v) is 5.90. The lowest BCUT2D eigenvalue weighted by molar-refractivity contribution is -0.122. The maximum Gasteiger partial charge on any atom is 0.237 e. The molecule has 0 aliphatic carbocycles. The summed E-state index contributed by atoms with van der Waals surface area (Å²) in [6.45, 7) is 6.94. The Labute approximate surface area is 124 Å². The van der Waals surface area contributed by atoms with E-state index in [1.807, 2.05) is 43.9 Å². The van der Waals surface area contributed by atoms with Gasteiger partial charge in [-0.05, 0) is 44.5 Å². The van der Waals surface area contributed by atoms with Gasteiger partial charge in [0, 0.05) is 24.5 Å². The third kappa shape index (κ3) is 2.50. The summed E-state index contributed by atoms with van der Waals surface area (Å²) in [4.78, 5) is 14.2. The molecule has 20 heavy (non-hydrogen) atoms. The Morgan fingerprint density at radius 3 is 2.75 bits per heavy atom. The monoisotopic (exact) mass is 296 g/mol. The van der Waals surface area contributed by atoms with Crippen LogP contribution in [0.2, 0.25) is 0 Å². The molecule has 0 saturated carbocycles. The summed E-state index contributed by atoms with van der Waals surface area (Å²) in [5.74, 6) is 0.332. The molecule has 110 valence electrons. The molecule has 1 aliphatic heterocycles. The fourth-order valence-corrected chi connectivity index (χ4v) is 2.66. The summed E-state index contributed by atoms with van der Waals surface area (Å²) in [6.07, 6.45) is -0.577. The van der Waals surface area contributed by atoms with Crippen LogP contribution in [-0.2, 0) is 10.2 Å². The fourth-order valence-electron chi connectivity index (χ4n) is 2.55. The summed E-state index contributed by atoms with van der Waals surface area (Å²) in [7, 11) is 0. The molecule has 1 heterocycles. The topological polar surface area (TPSA) is 52.6 Å². The van der Waals surface area contributed by atoms with Gasteiger partial charge in [0.05, 0.1) is 17.4 Å². The van der Waals surface area contributed by atoms with Gasteiger partial charge in [0.15, 0.2) is 0 Å². The van der Waals surface area contributed by atoms with Crippen LogP contribution in [0.15, 0.2) is 18.2 Å². The Morgan fingerprint density at radius 2 is 2.15 bits per heavy atom. The Bertz CT molecular complexity index is 517. The number of carbonyl (C=O) groups is 1. The van der Waals surface area contributed by atoms with Gasteiger partial charge >= 0.3 is 0 Å². The van der Waals surface area contributed by atoms with Gasteiger partial charge in [0.1, 0.15) is 0 Å². The smallest absolute Gasteiger partial charge is 0.237 e. The third-order valence-electron chi connectivity index (χ3n) is 3.78. The molecule has 0 fully saturated rings. The molecular weight excluding hydrogens is 276 g/mol. The number of carbonyl (C=O) groups excluding carboxylic acids is 1. The van der Waals surface area contributed by atoms with Crippen molar-refractivity contribution in [1.29, 1.82) is 0 Å². The predicted molar refractivity (Wildman–Crippen MR) is 82.7 cm³/mol. The minimum atomic E-state index is -0.577. The third-order valence-corrected chi connectivity index (χ3v) is 4.13. The van der Waals surface area contributed by atoms with E-state index in [0.717, 1.165) is 16.9 Å². The van der Waals surface area contributed by atoms with E-state index in [1.165, 1.54) is 0 Å². The molecule has 1 atom stereocenters. The molecular formula is C15H21ClN2O2. The Balaban J connectivity index is 2.28. The molecule has 0 aromatic heterocycles. The molecule has 0 saturated heterocycles. The van der Waals surface area contributed by atoms with Crippen molar-refractivity contribution in [2.75, 3.05) is 29.2 Å². The molecule has 1 aliphatic rings. The maximum absolute atomic E-state index is 12.4. The van der Waals surface area contributed by atoms with E-state index >= 15 is 0 Å². The number of halogens is 1. The molecule has 1 unspecified atom stereocenters. The number of hydrogen-bond acceptors (Lipinski definition) is 3. The quantitative estimate of drug-likeness (QED) is 0.820. The molecule has 1 aromatic rings. The number of amides is 1. The standard InChI is InChI=1S/C15H21ClN2O2/c1-4-18-13-6-5-10(17-9-11(19)8-16)7-12(13)15(2,3)14(18)20/h5-7,11,17,19H,4,8-9H2,1-3H3. The largest absolute Gasteiger partial charge is 0.390 e. The Morgan fingerprint density at radius 1 is 1.45 bits per heavy atom. The van der Waals surface area contributed by atoms with Crippen molar-refractivity contribution >= 4 is 28.9 Å². The summed E-state index contributed by atoms with van der Waals surface area (Å²) < 4.78 is 0. The van der Waals surface area contributed by atoms with Gasteiger partial charge in [-0.1, -0.05) is 0 Å². The number of aliphatic hydroxyl groups is 1. The van der Waals surface area contributed by atoms with E-state index in [2.05, 4.69) is 5.32 Å². The summed E-state index contributed by atoms with van der Waals surface area (Å²) in [6, 6.07) is 5.88. The highest BCUT2D eigenvalue weighted by atomic mass is 35.5. The van der Waals surface area contributed by atoms with E-state index < -0.39 is 11.5 Å². The van der Waals surface area contributed by atoms with Gasteiger partial charge in [-0.2, -0.15) is 0 Å². The van der Waals surface area contributed by atoms with Crippen LogP contribution in [0.5, 0.6) is 0 Å². The second-order valence-electron chi connectivity index (χ2n) is 5.60. The number of fused-ring (bicyclic) bond motifs is 1. The number of aliphatic hydroxyl groups excluding tert-OH is 1. The summed E-state index contributed by atoms with van der Waals surface area (Å²) >= 11 is 5.57. The highest BCUT2D eigenvalue weighted by Gasteiger charge is 2.43. The lowest BCUT2D eigenvalue weighted by atomic mass is 9.86. The Hall–Kier alpha value is -1.26. The lowest BCUT2D eigenvalue weighted by Crippen LogP contribution is -2.35. The fraction of sp³-hybridized carbons (Fsp3) is 0.533. The van der Waals surface area contributed by atoms with E-state index in [-0.39, 0.29) is 11.8 Å². The molecule has 2 N–H and O–H groups in total. The van der Waals surface area contributed by atoms with Gasteiger partial charge < -0.3 is 15.3 Å². The van der Waals surface area contributed by atoms with Crippen molar-refractivity contribution < 1.29 is 9.90 Å². The van der Waals surface area contributed by atoms with Crippen molar-refractivity contribution in [3.05, 3.63) is 23.8 Å². The first kappa shape index (κ1) is 15.1. The van der Waals surface area contributed by atoms with Crippen molar-refractivity contribution in [2.24, 2.45) is 0 Å². The average Bonchev–Trinajstić information content (AvgIpc) is 2.63. The maximum atomic E-state index is 12.4. The first-order chi connectivity index (χ1) is 9.41. The first-order valence-electron chi connectivity index (χ1n) is 6.86. The van der Waals surface area contributed by atoms with Gasteiger partial charge in [-0.3, -0.25) is 4.79 Å². The van der Waals surface area contributed by atoms with Crippen LogP contribution in [0.1, 0.15) is 26.3 Å². The predicted octanol–water partition coefficient (Wildman–Crippen LogP) is 2.34. The molecule has 1 aromatic carbocycles. The van der Waals surface area contributed by atoms with E-state index in [1.54, 1.807) is 0 Å². The molecule has 1 amide bonds. The number of likely N-dealkylation sites (N-methyl/N-ethyl adjacent to an activating group) is 1. The number of nitrogens with one attached hydrogen (secondary N) is 1. The van der Waals surface area contributed by atoms with Gasteiger partial charge in [-0.25, -0.2) is 0 Å². The van der Waals surface area contributed by atoms with E-state index in [9.17, 15) is 9.90 Å². The Kier molecular flexibility index (Phi) is 4.25. The van der Waals surface area contributed by atoms with Crippen LogP contribution in [0.25, 0.3) is 0 Å². The molecule has 0 radical (unpaired) electrons. The normalized spacial score (nSPS) is 18.1. The van der Waals surface area contributed by atoms with Crippen molar-refractivity contribution in [1.82, 2.24) is 0 Å². The number of rotatable bonds is 5. The van der Waals surface area contributed by atoms with Crippen LogP contribution in [0.3, 0.4) is 0 Å². The highest BCUT2D eigenvalue weighted by Crippen LogP contribution is 2.42. The zero-order valence-electron chi connectivity index (χ0n) is 12.1. The summed E-state index contributed by atoms with van der Waals surface area (Å²) in [5, 5.41) is 12.6. The van der Waals surface area contributed by atoms with Crippen molar-refractivity contribution in [3.8, 4) is 0 Å². The minimum absolute atomic E-state index is 0.132. The average molecular weight is 297 g/mol. The zero-order chi connectivity index (χ0) is 14.9. The van der Waals surface area contributed by atoms with Crippen molar-refractivity contribution in [2.45, 2.75) is 32.3 Å². The van der Waals surface area contributed by atoms with Crippen molar-refractivity contribution in [3.63, 3.8) is 0 Å². The summed E-state index contributed by atoms with van der Waals surface area (Å²) in [5.41, 5.74) is 2.39. The minimum Gasteiger partial charge on any atom is -0.390 e. The first-order valence-corrected chi connectivity index (χ1v) is 7.39. The van der Waals surface area contributed by atoms with Crippen LogP contribution in [0, 0.1) is 0 Å². The lowest BCUT2D eigenvalue weighted by Gasteiger charge is -2.18. The van der Waals surface area contributed by atoms with E-state index in [4.69, 9.17) is 11.6 Å². The van der Waals surface area contributed by atoms with Gasteiger partial charge in [-0.15, -0.1) is 11.6 Å². The van der Waals surface area contributed by atoms with E-state index in [0.29, 0.717) is 13.1 Å². The molecule has 0 spiro atoms. The highest BCUT2D eigenvalue weighted by molar-refractivity contribution is 6.18. The zero-order valence-corrected chi connectivity index (χ0v) is 12.9. The molecule has 5 heteroatoms. The van der Waals surface area contributed by atoms with Crippen LogP contribution < -0.4 is 10.2 Å². The van der Waals surface area contributed by atoms with Crippen LogP contribution >= 0.6 is 11.6 Å².